The van der Waals surface area contributed by atoms with Crippen LogP contribution in [0.4, 0.5) is 0 Å². The summed E-state index contributed by atoms with van der Waals surface area (Å²) in [4.78, 5) is 10.8. The Labute approximate surface area is 94.5 Å². The van der Waals surface area contributed by atoms with Crippen molar-refractivity contribution in [2.45, 2.75) is 12.3 Å². The Hall–Kier alpha value is -1.28. The third-order valence-corrected chi connectivity index (χ3v) is 2.26. The summed E-state index contributed by atoms with van der Waals surface area (Å²) in [6, 6.07) is 7.70. The van der Waals surface area contributed by atoms with E-state index < -0.39 is 0 Å². The van der Waals surface area contributed by atoms with Crippen LogP contribution in [0, 0.1) is 0 Å². The molecule has 0 N–H and O–H groups in total. The number of hydrogen-bond acceptors (Lipinski definition) is 2. The van der Waals surface area contributed by atoms with Crippen LogP contribution in [0.25, 0.3) is 6.08 Å². The summed E-state index contributed by atoms with van der Waals surface area (Å²) in [5.41, 5.74) is 2.01. The van der Waals surface area contributed by atoms with Gasteiger partial charge >= 0.3 is 5.97 Å². The average molecular weight is 225 g/mol. The molecule has 0 aliphatic heterocycles. The first-order valence-corrected chi connectivity index (χ1v) is 5.07. The van der Waals surface area contributed by atoms with Crippen molar-refractivity contribution in [1.29, 1.82) is 0 Å². The van der Waals surface area contributed by atoms with Gasteiger partial charge in [0.25, 0.3) is 0 Å². The van der Waals surface area contributed by atoms with E-state index in [0.29, 0.717) is 0 Å². The first kappa shape index (κ1) is 11.8. The number of hydrogen-bond donors (Lipinski definition) is 0. The second-order valence-electron chi connectivity index (χ2n) is 3.14. The summed E-state index contributed by atoms with van der Waals surface area (Å²) in [6.07, 6.45) is 3.09. The maximum atomic E-state index is 10.8. The normalized spacial score (nSPS) is 12.7. The summed E-state index contributed by atoms with van der Waals surface area (Å²) in [7, 11) is 1.35. The summed E-state index contributed by atoms with van der Waals surface area (Å²) < 4.78 is 4.49. The number of benzene rings is 1. The molecule has 0 aliphatic rings. The minimum Gasteiger partial charge on any atom is -0.466 e. The van der Waals surface area contributed by atoms with Gasteiger partial charge in [0.2, 0.25) is 0 Å². The Kier molecular flexibility index (Phi) is 4.37. The van der Waals surface area contributed by atoms with Crippen LogP contribution in [-0.2, 0) is 9.53 Å². The molecule has 0 saturated carbocycles. The van der Waals surface area contributed by atoms with E-state index in [-0.39, 0.29) is 11.3 Å². The average Bonchev–Trinajstić information content (AvgIpc) is 2.26. The van der Waals surface area contributed by atoms with E-state index in [9.17, 15) is 4.79 Å². The molecule has 1 aromatic carbocycles. The highest BCUT2D eigenvalue weighted by molar-refractivity contribution is 6.20. The second-order valence-corrected chi connectivity index (χ2v) is 3.79. The van der Waals surface area contributed by atoms with Gasteiger partial charge in [-0.05, 0) is 24.1 Å². The fourth-order valence-electron chi connectivity index (χ4n) is 1.10. The molecule has 0 radical (unpaired) electrons. The van der Waals surface area contributed by atoms with Crippen LogP contribution in [0.2, 0.25) is 0 Å². The molecule has 80 valence electrons. The molecule has 2 nitrogen and oxygen atoms in total. The SMILES string of the molecule is COC(=O)/C=C/c1ccc(C(C)Cl)cc1. The van der Waals surface area contributed by atoms with Gasteiger partial charge in [-0.25, -0.2) is 4.79 Å². The fourth-order valence-corrected chi connectivity index (χ4v) is 1.25. The molecular formula is C12H13ClO2. The first-order valence-electron chi connectivity index (χ1n) is 4.63. The van der Waals surface area contributed by atoms with Crippen molar-refractivity contribution in [3.8, 4) is 0 Å². The monoisotopic (exact) mass is 224 g/mol. The van der Waals surface area contributed by atoms with E-state index in [1.165, 1.54) is 13.2 Å². The van der Waals surface area contributed by atoms with Crippen molar-refractivity contribution in [1.82, 2.24) is 0 Å². The molecule has 0 spiro atoms. The lowest BCUT2D eigenvalue weighted by molar-refractivity contribution is -0.134. The van der Waals surface area contributed by atoms with Crippen LogP contribution >= 0.6 is 11.6 Å². The van der Waals surface area contributed by atoms with Gasteiger partial charge in [0, 0.05) is 6.08 Å². The van der Waals surface area contributed by atoms with E-state index in [0.717, 1.165) is 11.1 Å². The van der Waals surface area contributed by atoms with E-state index >= 15 is 0 Å². The third-order valence-electron chi connectivity index (χ3n) is 2.01. The number of alkyl halides is 1. The number of esters is 1. The van der Waals surface area contributed by atoms with Gasteiger partial charge in [0.15, 0.2) is 0 Å². The highest BCUT2D eigenvalue weighted by Gasteiger charge is 1.99. The molecule has 1 unspecified atom stereocenters. The predicted molar refractivity (Wildman–Crippen MR) is 61.8 cm³/mol. The molecule has 0 aromatic heterocycles. The Morgan fingerprint density at radius 3 is 2.47 bits per heavy atom. The molecule has 1 atom stereocenters. The number of carbonyl (C=O) groups is 1. The van der Waals surface area contributed by atoms with Gasteiger partial charge in [-0.1, -0.05) is 24.3 Å². The van der Waals surface area contributed by atoms with Crippen LogP contribution in [-0.4, -0.2) is 13.1 Å². The lowest BCUT2D eigenvalue weighted by Gasteiger charge is -2.02. The van der Waals surface area contributed by atoms with Gasteiger partial charge in [0.05, 0.1) is 12.5 Å². The molecule has 0 fully saturated rings. The van der Waals surface area contributed by atoms with Crippen molar-refractivity contribution in [2.75, 3.05) is 7.11 Å². The van der Waals surface area contributed by atoms with Crippen molar-refractivity contribution < 1.29 is 9.53 Å². The van der Waals surface area contributed by atoms with E-state index in [1.54, 1.807) is 6.08 Å². The van der Waals surface area contributed by atoms with Gasteiger partial charge in [-0.2, -0.15) is 0 Å². The Morgan fingerprint density at radius 2 is 2.00 bits per heavy atom. The van der Waals surface area contributed by atoms with Crippen molar-refractivity contribution in [3.63, 3.8) is 0 Å². The standard InChI is InChI=1S/C12H13ClO2/c1-9(13)11-6-3-10(4-7-11)5-8-12(14)15-2/h3-9H,1-2H3/b8-5+. The fraction of sp³-hybridized carbons (Fsp3) is 0.250. The summed E-state index contributed by atoms with van der Waals surface area (Å²) in [5.74, 6) is -0.357. The molecule has 0 aliphatic carbocycles. The highest BCUT2D eigenvalue weighted by atomic mass is 35.5. The largest absolute Gasteiger partial charge is 0.466 e. The van der Waals surface area contributed by atoms with Gasteiger partial charge in [-0.3, -0.25) is 0 Å². The lowest BCUT2D eigenvalue weighted by Crippen LogP contribution is -1.93. The summed E-state index contributed by atoms with van der Waals surface area (Å²) in [6.45, 7) is 1.92. The maximum Gasteiger partial charge on any atom is 0.330 e. The molecule has 15 heavy (non-hydrogen) atoms. The number of ether oxygens (including phenoxy) is 1. The summed E-state index contributed by atoms with van der Waals surface area (Å²) >= 11 is 5.91. The van der Waals surface area contributed by atoms with E-state index in [4.69, 9.17) is 11.6 Å². The number of carbonyl (C=O) groups excluding carboxylic acids is 1. The van der Waals surface area contributed by atoms with Crippen LogP contribution in [0.3, 0.4) is 0 Å². The molecule has 0 amide bonds. The van der Waals surface area contributed by atoms with Crippen molar-refractivity contribution in [3.05, 3.63) is 41.5 Å². The van der Waals surface area contributed by atoms with E-state index in [1.807, 2.05) is 31.2 Å². The topological polar surface area (TPSA) is 26.3 Å². The Bertz CT molecular complexity index is 352. The van der Waals surface area contributed by atoms with Gasteiger partial charge in [-0.15, -0.1) is 11.6 Å². The quantitative estimate of drug-likeness (QED) is 0.448. The van der Waals surface area contributed by atoms with Crippen LogP contribution in [0.1, 0.15) is 23.4 Å². The minimum atomic E-state index is -0.357. The van der Waals surface area contributed by atoms with Crippen LogP contribution in [0.15, 0.2) is 30.3 Å². The molecule has 1 rings (SSSR count). The molecular weight excluding hydrogens is 212 g/mol. The maximum absolute atomic E-state index is 10.8. The van der Waals surface area contributed by atoms with E-state index in [2.05, 4.69) is 4.74 Å². The second kappa shape index (κ2) is 5.56. The number of methoxy groups -OCH3 is 1. The molecule has 0 bridgehead atoms. The van der Waals surface area contributed by atoms with Crippen LogP contribution in [0.5, 0.6) is 0 Å². The predicted octanol–water partition coefficient (Wildman–Crippen LogP) is 3.17. The zero-order valence-electron chi connectivity index (χ0n) is 8.74. The highest BCUT2D eigenvalue weighted by Crippen LogP contribution is 2.19. The molecule has 1 aromatic rings. The summed E-state index contributed by atoms with van der Waals surface area (Å²) in [5, 5.41) is 0.00337. The number of rotatable bonds is 3. The van der Waals surface area contributed by atoms with Gasteiger partial charge < -0.3 is 4.74 Å². The first-order chi connectivity index (χ1) is 7.13. The Balaban J connectivity index is 2.72. The van der Waals surface area contributed by atoms with Crippen molar-refractivity contribution in [2.24, 2.45) is 0 Å². The zero-order chi connectivity index (χ0) is 11.3. The van der Waals surface area contributed by atoms with Gasteiger partial charge in [0.1, 0.15) is 0 Å². The van der Waals surface area contributed by atoms with Crippen molar-refractivity contribution >= 4 is 23.6 Å². The molecule has 0 heterocycles. The smallest absolute Gasteiger partial charge is 0.330 e. The Morgan fingerprint density at radius 1 is 1.40 bits per heavy atom. The minimum absolute atomic E-state index is 0.00337. The third kappa shape index (κ3) is 3.76. The van der Waals surface area contributed by atoms with Crippen LogP contribution < -0.4 is 0 Å². The molecule has 0 saturated heterocycles. The lowest BCUT2D eigenvalue weighted by atomic mass is 10.1. The number of halogens is 1. The molecule has 3 heteroatoms. The zero-order valence-corrected chi connectivity index (χ0v) is 9.49.